The molecule has 7 nitrogen and oxygen atoms in total. The second-order valence-corrected chi connectivity index (χ2v) is 7.51. The van der Waals surface area contributed by atoms with Crippen molar-refractivity contribution in [1.29, 1.82) is 0 Å². The molecule has 4 rings (SSSR count). The molecule has 1 aliphatic rings. The average molecular weight is 405 g/mol. The zero-order chi connectivity index (χ0) is 20.9. The van der Waals surface area contributed by atoms with Crippen molar-refractivity contribution >= 4 is 5.96 Å². The van der Waals surface area contributed by atoms with Crippen LogP contribution in [0.3, 0.4) is 0 Å². The second kappa shape index (κ2) is 8.98. The quantitative estimate of drug-likeness (QED) is 0.488. The summed E-state index contributed by atoms with van der Waals surface area (Å²) in [6.07, 6.45) is 3.82. The predicted molar refractivity (Wildman–Crippen MR) is 118 cm³/mol. The topological polar surface area (TPSA) is 76.4 Å². The lowest BCUT2D eigenvalue weighted by Crippen LogP contribution is -2.37. The van der Waals surface area contributed by atoms with Gasteiger partial charge in [-0.15, -0.1) is 0 Å². The molecular weight excluding hydrogens is 376 g/mol. The molecule has 2 N–H and O–H groups in total. The minimum Gasteiger partial charge on any atom is -0.493 e. The minimum absolute atomic E-state index is 0.653. The number of nitrogens with one attached hydrogen (secondary N) is 2. The number of aliphatic imine (C=N–C) groups is 1. The van der Waals surface area contributed by atoms with Crippen LogP contribution >= 0.6 is 0 Å². The van der Waals surface area contributed by atoms with E-state index < -0.39 is 0 Å². The van der Waals surface area contributed by atoms with Crippen molar-refractivity contribution in [2.24, 2.45) is 4.99 Å². The van der Waals surface area contributed by atoms with E-state index in [-0.39, 0.29) is 0 Å². The van der Waals surface area contributed by atoms with Crippen molar-refractivity contribution in [3.8, 4) is 11.6 Å². The Bertz CT molecular complexity index is 1040. The summed E-state index contributed by atoms with van der Waals surface area (Å²) in [6.45, 7) is 6.28. The van der Waals surface area contributed by atoms with Gasteiger partial charge in [0.05, 0.1) is 12.3 Å². The van der Waals surface area contributed by atoms with Gasteiger partial charge in [0, 0.05) is 38.4 Å². The van der Waals surface area contributed by atoms with Gasteiger partial charge in [0.15, 0.2) is 11.8 Å². The molecule has 0 aliphatic carbocycles. The summed E-state index contributed by atoms with van der Waals surface area (Å²) in [5, 5.41) is 11.2. The zero-order valence-electron chi connectivity index (χ0n) is 17.8. The smallest absolute Gasteiger partial charge is 0.191 e. The standard InChI is InChI=1S/C23H28N6O/c1-16-12-17(2)29(28-16)22-7-5-19(14-26-22)15-27-23(24-3)25-10-8-18-4-6-21-20(13-18)9-11-30-21/h4-7,12-14H,8-11,15H2,1-3H3,(H2,24,25,27). The largest absolute Gasteiger partial charge is 0.493 e. The van der Waals surface area contributed by atoms with Crippen LogP contribution in [-0.2, 0) is 19.4 Å². The SMILES string of the molecule is CN=C(NCCc1ccc2c(c1)CCO2)NCc1ccc(-n2nc(C)cc2C)nc1. The van der Waals surface area contributed by atoms with Crippen molar-refractivity contribution in [1.82, 2.24) is 25.4 Å². The first-order valence-electron chi connectivity index (χ1n) is 10.3. The van der Waals surface area contributed by atoms with Gasteiger partial charge in [-0.2, -0.15) is 5.10 Å². The molecule has 30 heavy (non-hydrogen) atoms. The van der Waals surface area contributed by atoms with Gasteiger partial charge in [-0.25, -0.2) is 9.67 Å². The number of benzene rings is 1. The summed E-state index contributed by atoms with van der Waals surface area (Å²) in [6, 6.07) is 12.6. The molecule has 7 heteroatoms. The van der Waals surface area contributed by atoms with Crippen molar-refractivity contribution < 1.29 is 4.74 Å². The fourth-order valence-electron chi connectivity index (χ4n) is 3.63. The van der Waals surface area contributed by atoms with Gasteiger partial charge in [0.1, 0.15) is 5.75 Å². The van der Waals surface area contributed by atoms with Crippen LogP contribution in [0.2, 0.25) is 0 Å². The van der Waals surface area contributed by atoms with Crippen LogP contribution in [0.5, 0.6) is 5.75 Å². The first kappa shape index (κ1) is 19.9. The van der Waals surface area contributed by atoms with Gasteiger partial charge in [-0.05, 0) is 55.2 Å². The number of aryl methyl sites for hydroxylation is 2. The first-order valence-corrected chi connectivity index (χ1v) is 10.3. The lowest BCUT2D eigenvalue weighted by atomic mass is 10.1. The lowest BCUT2D eigenvalue weighted by molar-refractivity contribution is 0.357. The van der Waals surface area contributed by atoms with Crippen molar-refractivity contribution in [2.45, 2.75) is 33.2 Å². The molecule has 2 aromatic heterocycles. The van der Waals surface area contributed by atoms with Gasteiger partial charge >= 0.3 is 0 Å². The summed E-state index contributed by atoms with van der Waals surface area (Å²) in [5.41, 5.74) is 5.77. The number of pyridine rings is 1. The lowest BCUT2D eigenvalue weighted by Gasteiger charge is -2.12. The van der Waals surface area contributed by atoms with Crippen molar-refractivity contribution in [3.05, 3.63) is 70.7 Å². The Morgan fingerprint density at radius 3 is 2.73 bits per heavy atom. The minimum atomic E-state index is 0.653. The Kier molecular flexibility index (Phi) is 5.97. The van der Waals surface area contributed by atoms with Gasteiger partial charge < -0.3 is 15.4 Å². The molecule has 3 heterocycles. The van der Waals surface area contributed by atoms with Crippen molar-refractivity contribution in [2.75, 3.05) is 20.2 Å². The first-order chi connectivity index (χ1) is 14.6. The van der Waals surface area contributed by atoms with Crippen LogP contribution in [-0.4, -0.2) is 40.9 Å². The molecule has 0 bridgehead atoms. The highest BCUT2D eigenvalue weighted by Gasteiger charge is 2.12. The Balaban J connectivity index is 1.26. The van der Waals surface area contributed by atoms with E-state index in [1.54, 1.807) is 7.05 Å². The Labute approximate surface area is 177 Å². The normalized spacial score (nSPS) is 13.1. The van der Waals surface area contributed by atoms with E-state index in [0.29, 0.717) is 6.54 Å². The molecule has 0 unspecified atom stereocenters. The number of hydrogen-bond acceptors (Lipinski definition) is 4. The van der Waals surface area contributed by atoms with Crippen molar-refractivity contribution in [3.63, 3.8) is 0 Å². The summed E-state index contributed by atoms with van der Waals surface area (Å²) in [4.78, 5) is 8.86. The number of nitrogens with zero attached hydrogens (tertiary/aromatic N) is 4. The van der Waals surface area contributed by atoms with E-state index in [9.17, 15) is 0 Å². The van der Waals surface area contributed by atoms with Gasteiger partial charge in [-0.3, -0.25) is 4.99 Å². The zero-order valence-corrected chi connectivity index (χ0v) is 17.8. The molecule has 156 valence electrons. The van der Waals surface area contributed by atoms with Crippen LogP contribution in [0.4, 0.5) is 0 Å². The highest BCUT2D eigenvalue weighted by atomic mass is 16.5. The maximum Gasteiger partial charge on any atom is 0.191 e. The fraction of sp³-hybridized carbons (Fsp3) is 0.348. The van der Waals surface area contributed by atoms with Crippen LogP contribution < -0.4 is 15.4 Å². The number of guanidine groups is 1. The molecule has 0 atom stereocenters. The van der Waals surface area contributed by atoms with Crippen LogP contribution in [0.25, 0.3) is 5.82 Å². The Morgan fingerprint density at radius 1 is 1.13 bits per heavy atom. The number of aromatic nitrogens is 3. The fourth-order valence-corrected chi connectivity index (χ4v) is 3.63. The maximum absolute atomic E-state index is 5.57. The summed E-state index contributed by atoms with van der Waals surface area (Å²) in [5.74, 6) is 2.63. The third-order valence-electron chi connectivity index (χ3n) is 5.18. The molecule has 0 radical (unpaired) electrons. The summed E-state index contributed by atoms with van der Waals surface area (Å²) >= 11 is 0. The van der Waals surface area contributed by atoms with E-state index in [1.165, 1.54) is 11.1 Å². The maximum atomic E-state index is 5.57. The average Bonchev–Trinajstić information content (AvgIpc) is 3.36. The predicted octanol–water partition coefficient (Wildman–Crippen LogP) is 2.73. The molecule has 0 saturated heterocycles. The molecular formula is C23H28N6O. The van der Waals surface area contributed by atoms with Gasteiger partial charge in [-0.1, -0.05) is 18.2 Å². The van der Waals surface area contributed by atoms with E-state index in [2.05, 4.69) is 50.0 Å². The Hall–Kier alpha value is -3.35. The highest BCUT2D eigenvalue weighted by Crippen LogP contribution is 2.25. The molecule has 0 spiro atoms. The third-order valence-corrected chi connectivity index (χ3v) is 5.18. The third kappa shape index (κ3) is 4.62. The number of hydrogen-bond donors (Lipinski definition) is 2. The summed E-state index contributed by atoms with van der Waals surface area (Å²) in [7, 11) is 1.78. The number of ether oxygens (including phenoxy) is 1. The van der Waals surface area contributed by atoms with E-state index >= 15 is 0 Å². The summed E-state index contributed by atoms with van der Waals surface area (Å²) < 4.78 is 7.43. The Morgan fingerprint density at radius 2 is 2.00 bits per heavy atom. The highest BCUT2D eigenvalue weighted by molar-refractivity contribution is 5.79. The monoisotopic (exact) mass is 404 g/mol. The molecule has 0 amide bonds. The molecule has 1 aromatic carbocycles. The molecule has 0 fully saturated rings. The van der Waals surface area contributed by atoms with Crippen LogP contribution in [0.1, 0.15) is 28.1 Å². The van der Waals surface area contributed by atoms with E-state index in [0.717, 1.165) is 60.5 Å². The van der Waals surface area contributed by atoms with E-state index in [1.807, 2.05) is 36.9 Å². The van der Waals surface area contributed by atoms with Crippen LogP contribution in [0.15, 0.2) is 47.6 Å². The molecule has 1 aliphatic heterocycles. The molecule has 3 aromatic rings. The van der Waals surface area contributed by atoms with Crippen LogP contribution in [0, 0.1) is 13.8 Å². The van der Waals surface area contributed by atoms with E-state index in [4.69, 9.17) is 4.74 Å². The molecule has 0 saturated carbocycles. The number of fused-ring (bicyclic) bond motifs is 1. The second-order valence-electron chi connectivity index (χ2n) is 7.51. The van der Waals surface area contributed by atoms with Gasteiger partial charge in [0.2, 0.25) is 0 Å². The van der Waals surface area contributed by atoms with Gasteiger partial charge in [0.25, 0.3) is 0 Å². The number of rotatable bonds is 6.